The van der Waals surface area contributed by atoms with E-state index in [2.05, 4.69) is 28.9 Å². The second-order valence-electron chi connectivity index (χ2n) is 4.33. The first-order chi connectivity index (χ1) is 8.79. The Morgan fingerprint density at radius 1 is 1.11 bits per heavy atom. The lowest BCUT2D eigenvalue weighted by Crippen LogP contribution is -1.91. The highest BCUT2D eigenvalue weighted by atomic mass is 14.8. The molecular weight excluding hydrogens is 220 g/mol. The van der Waals surface area contributed by atoms with Gasteiger partial charge >= 0.3 is 0 Å². The Morgan fingerprint density at radius 2 is 1.83 bits per heavy atom. The first-order valence-electron chi connectivity index (χ1n) is 6.11. The molecule has 2 heterocycles. The Balaban J connectivity index is 2.19. The van der Waals surface area contributed by atoms with Crippen molar-refractivity contribution >= 4 is 0 Å². The van der Waals surface area contributed by atoms with E-state index < -0.39 is 0 Å². The lowest BCUT2D eigenvalue weighted by atomic mass is 10.1. The molecule has 2 aromatic rings. The predicted molar refractivity (Wildman–Crippen MR) is 74.0 cm³/mol. The van der Waals surface area contributed by atoms with Crippen LogP contribution in [-0.2, 0) is 6.42 Å². The topological polar surface area (TPSA) is 25.8 Å². The van der Waals surface area contributed by atoms with Gasteiger partial charge < -0.3 is 0 Å². The quantitative estimate of drug-likeness (QED) is 0.600. The smallest absolute Gasteiger partial charge is 0.0888 e. The molecule has 2 nitrogen and oxygen atoms in total. The van der Waals surface area contributed by atoms with Gasteiger partial charge in [-0.2, -0.15) is 0 Å². The van der Waals surface area contributed by atoms with Crippen LogP contribution in [0.25, 0.3) is 11.4 Å². The predicted octanol–water partition coefficient (Wildman–Crippen LogP) is 3.41. The van der Waals surface area contributed by atoms with Crippen molar-refractivity contribution in [3.8, 4) is 23.7 Å². The molecule has 0 unspecified atom stereocenters. The van der Waals surface area contributed by atoms with Gasteiger partial charge in [-0.15, -0.1) is 12.3 Å². The number of hydrogen-bond acceptors (Lipinski definition) is 2. The number of rotatable bonds is 4. The average Bonchev–Trinajstić information content (AvgIpc) is 2.39. The number of unbranched alkanes of at least 4 members (excludes halogenated alkanes) is 1. The summed E-state index contributed by atoms with van der Waals surface area (Å²) in [7, 11) is 0. The van der Waals surface area contributed by atoms with Crippen molar-refractivity contribution in [2.45, 2.75) is 26.2 Å². The first-order valence-corrected chi connectivity index (χ1v) is 6.11. The molecule has 0 saturated heterocycles. The molecule has 0 N–H and O–H groups in total. The lowest BCUT2D eigenvalue weighted by molar-refractivity contribution is 0.856. The molecule has 0 aliphatic heterocycles. The standard InChI is InChI=1S/C16H16N2/c1-3-4-5-6-14-8-10-18-16(12-14)15-11-13(2)7-9-17-15/h1,7-12H,4-6H2,2H3. The third-order valence-electron chi connectivity index (χ3n) is 2.79. The van der Waals surface area contributed by atoms with Crippen molar-refractivity contribution < 1.29 is 0 Å². The van der Waals surface area contributed by atoms with Crippen LogP contribution in [0.1, 0.15) is 24.0 Å². The molecule has 0 saturated carbocycles. The first kappa shape index (κ1) is 12.3. The largest absolute Gasteiger partial charge is 0.255 e. The van der Waals surface area contributed by atoms with Gasteiger partial charge in [0.05, 0.1) is 11.4 Å². The van der Waals surface area contributed by atoms with Crippen molar-refractivity contribution in [2.75, 3.05) is 0 Å². The molecule has 0 bridgehead atoms. The maximum atomic E-state index is 5.26. The van der Waals surface area contributed by atoms with Crippen LogP contribution < -0.4 is 0 Å². The number of pyridine rings is 2. The molecule has 90 valence electrons. The van der Waals surface area contributed by atoms with Gasteiger partial charge in [-0.1, -0.05) is 0 Å². The van der Waals surface area contributed by atoms with Crippen molar-refractivity contribution in [3.05, 3.63) is 47.8 Å². The molecular formula is C16H16N2. The number of aromatic nitrogens is 2. The van der Waals surface area contributed by atoms with Crippen molar-refractivity contribution in [2.24, 2.45) is 0 Å². The lowest BCUT2D eigenvalue weighted by Gasteiger charge is -2.04. The van der Waals surface area contributed by atoms with Gasteiger partial charge in [-0.3, -0.25) is 9.97 Å². The molecule has 0 atom stereocenters. The zero-order valence-corrected chi connectivity index (χ0v) is 10.6. The molecule has 18 heavy (non-hydrogen) atoms. The molecule has 0 amide bonds. The zero-order chi connectivity index (χ0) is 12.8. The van der Waals surface area contributed by atoms with E-state index in [1.54, 1.807) is 0 Å². The van der Waals surface area contributed by atoms with Gasteiger partial charge in [0.1, 0.15) is 0 Å². The molecule has 0 fully saturated rings. The van der Waals surface area contributed by atoms with E-state index in [-0.39, 0.29) is 0 Å². The van der Waals surface area contributed by atoms with E-state index in [1.165, 1.54) is 11.1 Å². The van der Waals surface area contributed by atoms with E-state index in [4.69, 9.17) is 6.42 Å². The Bertz CT molecular complexity index is 567. The summed E-state index contributed by atoms with van der Waals surface area (Å²) in [4.78, 5) is 8.73. The zero-order valence-electron chi connectivity index (χ0n) is 10.6. The third-order valence-corrected chi connectivity index (χ3v) is 2.79. The van der Waals surface area contributed by atoms with Crippen LogP contribution in [-0.4, -0.2) is 9.97 Å². The Hall–Kier alpha value is -2.14. The van der Waals surface area contributed by atoms with Gasteiger partial charge in [-0.25, -0.2) is 0 Å². The minimum atomic E-state index is 0.820. The summed E-state index contributed by atoms with van der Waals surface area (Å²) in [6, 6.07) is 8.17. The van der Waals surface area contributed by atoms with Crippen LogP contribution in [0.3, 0.4) is 0 Å². The van der Waals surface area contributed by atoms with Gasteiger partial charge in [-0.05, 0) is 55.2 Å². The van der Waals surface area contributed by atoms with E-state index in [0.717, 1.165) is 30.7 Å². The highest BCUT2D eigenvalue weighted by Crippen LogP contribution is 2.17. The van der Waals surface area contributed by atoms with E-state index in [9.17, 15) is 0 Å². The number of terminal acetylenes is 1. The van der Waals surface area contributed by atoms with Gasteiger partial charge in [0.25, 0.3) is 0 Å². The summed E-state index contributed by atoms with van der Waals surface area (Å²) in [6.07, 6.45) is 11.7. The van der Waals surface area contributed by atoms with E-state index >= 15 is 0 Å². The molecule has 0 radical (unpaired) electrons. The monoisotopic (exact) mass is 236 g/mol. The van der Waals surface area contributed by atoms with Gasteiger partial charge in [0, 0.05) is 18.8 Å². The van der Waals surface area contributed by atoms with E-state index in [1.807, 2.05) is 30.6 Å². The van der Waals surface area contributed by atoms with Crippen molar-refractivity contribution in [3.63, 3.8) is 0 Å². The van der Waals surface area contributed by atoms with Crippen molar-refractivity contribution in [1.82, 2.24) is 9.97 Å². The molecule has 2 rings (SSSR count). The Labute approximate surface area is 108 Å². The maximum Gasteiger partial charge on any atom is 0.0888 e. The maximum absolute atomic E-state index is 5.26. The molecule has 0 aromatic carbocycles. The normalized spacial score (nSPS) is 10.0. The van der Waals surface area contributed by atoms with Crippen LogP contribution >= 0.6 is 0 Å². The van der Waals surface area contributed by atoms with Crippen LogP contribution in [0.5, 0.6) is 0 Å². The summed E-state index contributed by atoms with van der Waals surface area (Å²) in [6.45, 7) is 2.06. The number of aryl methyl sites for hydroxylation is 2. The highest BCUT2D eigenvalue weighted by molar-refractivity contribution is 5.55. The fraction of sp³-hybridized carbons (Fsp3) is 0.250. The fourth-order valence-corrected chi connectivity index (χ4v) is 1.84. The summed E-state index contributed by atoms with van der Waals surface area (Å²) >= 11 is 0. The van der Waals surface area contributed by atoms with Crippen LogP contribution in [0.15, 0.2) is 36.7 Å². The number of nitrogens with zero attached hydrogens (tertiary/aromatic N) is 2. The summed E-state index contributed by atoms with van der Waals surface area (Å²) in [5.74, 6) is 2.66. The third kappa shape index (κ3) is 3.18. The minimum absolute atomic E-state index is 0.820. The van der Waals surface area contributed by atoms with Crippen LogP contribution in [0.4, 0.5) is 0 Å². The van der Waals surface area contributed by atoms with Crippen molar-refractivity contribution in [1.29, 1.82) is 0 Å². The molecule has 2 heteroatoms. The summed E-state index contributed by atoms with van der Waals surface area (Å²) in [5, 5.41) is 0. The van der Waals surface area contributed by atoms with Gasteiger partial charge in [0.15, 0.2) is 0 Å². The average molecular weight is 236 g/mol. The minimum Gasteiger partial charge on any atom is -0.255 e. The molecule has 0 spiro atoms. The molecule has 2 aromatic heterocycles. The Morgan fingerprint density at radius 3 is 2.56 bits per heavy atom. The van der Waals surface area contributed by atoms with Gasteiger partial charge in [0.2, 0.25) is 0 Å². The SMILES string of the molecule is C#CCCCc1ccnc(-c2cc(C)ccn2)c1. The fourth-order valence-electron chi connectivity index (χ4n) is 1.84. The van der Waals surface area contributed by atoms with E-state index in [0.29, 0.717) is 0 Å². The second kappa shape index (κ2) is 5.97. The molecule has 0 aliphatic carbocycles. The summed E-state index contributed by atoms with van der Waals surface area (Å²) in [5.41, 5.74) is 4.31. The number of hydrogen-bond donors (Lipinski definition) is 0. The highest BCUT2D eigenvalue weighted by Gasteiger charge is 2.02. The molecule has 0 aliphatic rings. The summed E-state index contributed by atoms with van der Waals surface area (Å²) < 4.78 is 0. The second-order valence-corrected chi connectivity index (χ2v) is 4.33. The van der Waals surface area contributed by atoms with Crippen LogP contribution in [0.2, 0.25) is 0 Å². The van der Waals surface area contributed by atoms with Crippen LogP contribution in [0, 0.1) is 19.3 Å². The Kier molecular flexibility index (Phi) is 4.09.